The third-order valence-electron chi connectivity index (χ3n) is 6.23. The first-order valence-electron chi connectivity index (χ1n) is 13.0. The van der Waals surface area contributed by atoms with Gasteiger partial charge in [0.25, 0.3) is 10.0 Å². The van der Waals surface area contributed by atoms with Gasteiger partial charge < -0.3 is 15.2 Å². The van der Waals surface area contributed by atoms with E-state index in [1.165, 1.54) is 0 Å². The smallest absolute Gasteiger partial charge is 0.345 e. The summed E-state index contributed by atoms with van der Waals surface area (Å²) in [6.07, 6.45) is 2.05. The van der Waals surface area contributed by atoms with Crippen LogP contribution in [-0.2, 0) is 27.7 Å². The second kappa shape index (κ2) is 13.5. The number of aryl methyl sites for hydroxylation is 1. The fourth-order valence-electron chi connectivity index (χ4n) is 4.07. The average Bonchev–Trinajstić information content (AvgIpc) is 2.95. The van der Waals surface area contributed by atoms with Crippen LogP contribution in [0.4, 0.5) is 17.1 Å². The molecule has 40 heavy (non-hydrogen) atoms. The number of rotatable bonds is 13. The minimum atomic E-state index is -3.89. The predicted octanol–water partition coefficient (Wildman–Crippen LogP) is 7.41. The van der Waals surface area contributed by atoms with E-state index in [9.17, 15) is 18.3 Å². The highest BCUT2D eigenvalue weighted by Crippen LogP contribution is 2.33. The number of anilines is 3. The number of hydrogen-bond acceptors (Lipinski definition) is 5. The van der Waals surface area contributed by atoms with Gasteiger partial charge in [-0.25, -0.2) is 13.2 Å². The summed E-state index contributed by atoms with van der Waals surface area (Å²) in [5.41, 5.74) is 3.32. The lowest BCUT2D eigenvalue weighted by molar-refractivity contribution is -0.145. The number of benzene rings is 4. The first-order chi connectivity index (χ1) is 19.2. The predicted molar refractivity (Wildman–Crippen MR) is 162 cm³/mol. The Balaban J connectivity index is 1.61. The van der Waals surface area contributed by atoms with Gasteiger partial charge in [-0.15, -0.1) is 0 Å². The number of sulfonamides is 1. The van der Waals surface area contributed by atoms with Crippen molar-refractivity contribution in [3.05, 3.63) is 113 Å². The summed E-state index contributed by atoms with van der Waals surface area (Å²) >= 11 is 3.41. The van der Waals surface area contributed by atoms with Crippen molar-refractivity contribution in [3.63, 3.8) is 0 Å². The molecule has 0 aliphatic carbocycles. The maximum Gasteiger partial charge on any atom is 0.345 e. The first-order valence-corrected chi connectivity index (χ1v) is 15.2. The minimum absolute atomic E-state index is 0.150. The van der Waals surface area contributed by atoms with E-state index in [2.05, 4.69) is 32.9 Å². The van der Waals surface area contributed by atoms with Crippen molar-refractivity contribution in [3.8, 4) is 5.75 Å². The number of carboxylic acids is 1. The van der Waals surface area contributed by atoms with Crippen LogP contribution in [0.2, 0.25) is 0 Å². The zero-order chi connectivity index (χ0) is 28.5. The lowest BCUT2D eigenvalue weighted by Crippen LogP contribution is -2.29. The summed E-state index contributed by atoms with van der Waals surface area (Å²) < 4.78 is 36.0. The van der Waals surface area contributed by atoms with E-state index in [1.54, 1.807) is 30.3 Å². The summed E-state index contributed by atoms with van der Waals surface area (Å²) in [4.78, 5) is 12.1. The molecule has 0 aromatic heterocycles. The van der Waals surface area contributed by atoms with Gasteiger partial charge in [-0.2, -0.15) is 0 Å². The van der Waals surface area contributed by atoms with Crippen molar-refractivity contribution in [2.45, 2.75) is 43.6 Å². The topological polar surface area (TPSA) is 105 Å². The molecule has 4 aromatic carbocycles. The van der Waals surface area contributed by atoms with Crippen LogP contribution in [0.5, 0.6) is 5.75 Å². The van der Waals surface area contributed by atoms with Gasteiger partial charge in [0, 0.05) is 22.6 Å². The lowest BCUT2D eigenvalue weighted by Gasteiger charge is -2.19. The van der Waals surface area contributed by atoms with Crippen LogP contribution in [0.3, 0.4) is 0 Å². The molecule has 0 aliphatic heterocycles. The first kappa shape index (κ1) is 29.2. The quantitative estimate of drug-likeness (QED) is 0.143. The average molecular weight is 624 g/mol. The minimum Gasteiger partial charge on any atom is -0.478 e. The fourth-order valence-corrected chi connectivity index (χ4v) is 5.41. The Morgan fingerprint density at radius 1 is 0.900 bits per heavy atom. The summed E-state index contributed by atoms with van der Waals surface area (Å²) in [5.74, 6) is -0.815. The zero-order valence-electron chi connectivity index (χ0n) is 22.0. The van der Waals surface area contributed by atoms with Crippen LogP contribution in [0.25, 0.3) is 0 Å². The number of halogens is 1. The van der Waals surface area contributed by atoms with Gasteiger partial charge in [0.2, 0.25) is 0 Å². The molecule has 0 saturated carbocycles. The molecule has 4 rings (SSSR count). The second-order valence-electron chi connectivity index (χ2n) is 9.33. The number of unbranched alkanes of at least 4 members (excludes halogenated alkanes) is 1. The third-order valence-corrected chi connectivity index (χ3v) is 8.14. The van der Waals surface area contributed by atoms with Crippen LogP contribution in [0.1, 0.15) is 30.9 Å². The molecule has 7 nitrogen and oxygen atoms in total. The van der Waals surface area contributed by atoms with Crippen molar-refractivity contribution in [2.75, 3.05) is 10.0 Å². The summed E-state index contributed by atoms with van der Waals surface area (Å²) in [7, 11) is -3.89. The van der Waals surface area contributed by atoms with E-state index in [4.69, 9.17) is 4.74 Å². The number of hydrogen-bond donors (Lipinski definition) is 3. The van der Waals surface area contributed by atoms with Crippen LogP contribution >= 0.6 is 15.9 Å². The Morgan fingerprint density at radius 3 is 2.25 bits per heavy atom. The molecule has 0 heterocycles. The maximum atomic E-state index is 13.3. The highest BCUT2D eigenvalue weighted by molar-refractivity contribution is 9.10. The number of aliphatic carboxylic acids is 1. The molecule has 0 bridgehead atoms. The number of carbonyl (C=O) groups is 1. The molecular weight excluding hydrogens is 592 g/mol. The molecule has 0 fully saturated rings. The Bertz CT molecular complexity index is 1530. The van der Waals surface area contributed by atoms with Gasteiger partial charge >= 0.3 is 5.97 Å². The van der Waals surface area contributed by atoms with Crippen LogP contribution in [0, 0.1) is 0 Å². The molecule has 3 N–H and O–H groups in total. The molecule has 1 unspecified atom stereocenters. The maximum absolute atomic E-state index is 13.3. The largest absolute Gasteiger partial charge is 0.478 e. The van der Waals surface area contributed by atoms with Crippen LogP contribution in [0.15, 0.2) is 106 Å². The molecule has 9 heteroatoms. The van der Waals surface area contributed by atoms with Gasteiger partial charge in [0.1, 0.15) is 5.75 Å². The Kier molecular flexibility index (Phi) is 9.84. The molecule has 0 saturated heterocycles. The number of nitrogens with one attached hydrogen (secondary N) is 2. The van der Waals surface area contributed by atoms with E-state index in [-0.39, 0.29) is 17.1 Å². The molecule has 0 radical (unpaired) electrons. The van der Waals surface area contributed by atoms with Crippen molar-refractivity contribution in [1.82, 2.24) is 0 Å². The lowest BCUT2D eigenvalue weighted by atomic mass is 10.1. The van der Waals surface area contributed by atoms with E-state index in [1.807, 2.05) is 66.7 Å². The summed E-state index contributed by atoms with van der Waals surface area (Å²) in [6, 6.07) is 28.2. The molecule has 0 amide bonds. The zero-order valence-corrected chi connectivity index (χ0v) is 24.4. The second-order valence-corrected chi connectivity index (χ2v) is 11.9. The summed E-state index contributed by atoms with van der Waals surface area (Å²) in [5, 5.41) is 13.0. The number of ether oxygens (including phenoxy) is 1. The molecular formula is C31H31BrN2O5S. The van der Waals surface area contributed by atoms with Crippen LogP contribution < -0.4 is 14.8 Å². The third kappa shape index (κ3) is 8.09. The molecule has 4 aromatic rings. The highest BCUT2D eigenvalue weighted by atomic mass is 79.9. The molecule has 208 valence electrons. The van der Waals surface area contributed by atoms with Crippen molar-refractivity contribution < 1.29 is 23.1 Å². The van der Waals surface area contributed by atoms with Gasteiger partial charge in [-0.05, 0) is 72.5 Å². The molecule has 0 spiro atoms. The van der Waals surface area contributed by atoms with Crippen LogP contribution in [-0.4, -0.2) is 25.6 Å². The Morgan fingerprint density at radius 2 is 1.60 bits per heavy atom. The number of carboxylic acid groups (broad SMARTS) is 1. The monoisotopic (exact) mass is 622 g/mol. The van der Waals surface area contributed by atoms with Gasteiger partial charge in [0.15, 0.2) is 6.10 Å². The normalized spacial score (nSPS) is 11.9. The van der Waals surface area contributed by atoms with Crippen molar-refractivity contribution in [2.24, 2.45) is 0 Å². The standard InChI is InChI=1S/C31H31BrN2O5S/c1-2-3-7-22-10-17-27(18-11-22)40(37,38)34-28-19-16-26(21-29(28)33-25-14-12-24(32)13-15-25)39-30(31(35)36)20-23-8-5-4-6-9-23/h4-6,8-19,21,30,33-34H,2-3,7,20H2,1H3,(H,35,36). The molecule has 0 aliphatic rings. The SMILES string of the molecule is CCCCc1ccc(S(=O)(=O)Nc2ccc(OC(Cc3ccccc3)C(=O)O)cc2Nc2ccc(Br)cc2)cc1. The Hall–Kier alpha value is -3.82. The van der Waals surface area contributed by atoms with E-state index in [0.29, 0.717) is 17.1 Å². The highest BCUT2D eigenvalue weighted by Gasteiger charge is 2.22. The van der Waals surface area contributed by atoms with E-state index < -0.39 is 22.1 Å². The summed E-state index contributed by atoms with van der Waals surface area (Å²) in [6.45, 7) is 2.12. The van der Waals surface area contributed by atoms with Crippen molar-refractivity contribution in [1.29, 1.82) is 0 Å². The van der Waals surface area contributed by atoms with Gasteiger partial charge in [-0.3, -0.25) is 4.72 Å². The Labute approximate surface area is 243 Å². The van der Waals surface area contributed by atoms with Gasteiger partial charge in [0.05, 0.1) is 16.3 Å². The molecule has 1 atom stereocenters. The van der Waals surface area contributed by atoms with Gasteiger partial charge in [-0.1, -0.05) is 71.7 Å². The van der Waals surface area contributed by atoms with Crippen molar-refractivity contribution >= 4 is 49.0 Å². The fraction of sp³-hybridized carbons (Fsp3) is 0.194. The van der Waals surface area contributed by atoms with E-state index >= 15 is 0 Å². The van der Waals surface area contributed by atoms with E-state index in [0.717, 1.165) is 34.9 Å².